The summed E-state index contributed by atoms with van der Waals surface area (Å²) in [6.07, 6.45) is -0.0902. The molecule has 1 aliphatic heterocycles. The first-order valence-electron chi connectivity index (χ1n) is 11.0. The van der Waals surface area contributed by atoms with E-state index in [4.69, 9.17) is 18.6 Å². The third-order valence-electron chi connectivity index (χ3n) is 5.80. The zero-order valence-electron chi connectivity index (χ0n) is 19.7. The van der Waals surface area contributed by atoms with E-state index in [1.807, 2.05) is 13.8 Å². The lowest BCUT2D eigenvalue weighted by Gasteiger charge is -2.29. The highest BCUT2D eigenvalue weighted by molar-refractivity contribution is 6.09. The molecule has 1 unspecified atom stereocenters. The number of Topliss-reactive ketones (excluding diaryl/α,β-unsaturated/α-hetero) is 1. The van der Waals surface area contributed by atoms with Crippen molar-refractivity contribution in [2.24, 2.45) is 5.92 Å². The van der Waals surface area contributed by atoms with E-state index in [0.717, 1.165) is 0 Å². The average Bonchev–Trinajstić information content (AvgIpc) is 2.75. The van der Waals surface area contributed by atoms with Crippen LogP contribution in [0.15, 0.2) is 33.5 Å². The number of fused-ring (bicyclic) bond motifs is 3. The lowest BCUT2D eigenvalue weighted by Crippen LogP contribution is -2.24. The number of aromatic hydroxyl groups is 1. The summed E-state index contributed by atoms with van der Waals surface area (Å²) in [5.41, 5.74) is 0.693. The fourth-order valence-electron chi connectivity index (χ4n) is 4.37. The number of hydrogen-bond donors (Lipinski definition) is 1. The summed E-state index contributed by atoms with van der Waals surface area (Å²) in [7, 11) is 1.52. The molecule has 3 aromatic rings. The van der Waals surface area contributed by atoms with Crippen LogP contribution in [0.5, 0.6) is 23.0 Å². The Morgan fingerprint density at radius 1 is 1.26 bits per heavy atom. The van der Waals surface area contributed by atoms with E-state index >= 15 is 0 Å². The Balaban J connectivity index is 2.11. The number of hydrogen-bond acceptors (Lipinski definition) is 8. The number of methoxy groups -OCH3 is 1. The van der Waals surface area contributed by atoms with Gasteiger partial charge in [-0.25, -0.2) is 4.79 Å². The molecule has 0 saturated heterocycles. The average molecular weight is 466 g/mol. The second-order valence-corrected chi connectivity index (χ2v) is 8.79. The SMILES string of the molecule is COc1cccc(C2CC(=O)Oc3c(C(C)=O)c(O)c4c(C)cc(=O)oc4c32)c1OCC(C)C. The van der Waals surface area contributed by atoms with Gasteiger partial charge in [-0.2, -0.15) is 0 Å². The summed E-state index contributed by atoms with van der Waals surface area (Å²) in [6.45, 7) is 7.34. The van der Waals surface area contributed by atoms with Crippen LogP contribution < -0.4 is 19.8 Å². The van der Waals surface area contributed by atoms with Gasteiger partial charge in [0.05, 0.1) is 25.5 Å². The zero-order valence-corrected chi connectivity index (χ0v) is 19.7. The van der Waals surface area contributed by atoms with Crippen LogP contribution in [-0.4, -0.2) is 30.6 Å². The molecule has 2 aromatic carbocycles. The molecule has 0 radical (unpaired) electrons. The van der Waals surface area contributed by atoms with Crippen LogP contribution in [-0.2, 0) is 4.79 Å². The molecule has 178 valence electrons. The van der Waals surface area contributed by atoms with Crippen LogP contribution in [0.4, 0.5) is 0 Å². The Labute approximate surface area is 196 Å². The molecule has 1 aromatic heterocycles. The standard InChI is InChI=1S/C26H26O8/c1-12(2)11-32-24-15(7-6-8-17(24)31-5)16-10-19(29)34-26-21(14(4)27)23(30)20-13(3)9-18(28)33-25(20)22(16)26/h6-9,12,16,30H,10-11H2,1-5H3. The van der Waals surface area contributed by atoms with Gasteiger partial charge in [-0.05, 0) is 31.4 Å². The van der Waals surface area contributed by atoms with E-state index in [1.165, 1.54) is 20.1 Å². The normalized spacial score (nSPS) is 15.2. The van der Waals surface area contributed by atoms with Crippen molar-refractivity contribution in [2.45, 2.75) is 40.0 Å². The van der Waals surface area contributed by atoms with Crippen molar-refractivity contribution >= 4 is 22.7 Å². The largest absolute Gasteiger partial charge is 0.506 e. The predicted octanol–water partition coefficient (Wildman–Crippen LogP) is 4.49. The number of ether oxygens (including phenoxy) is 3. The monoisotopic (exact) mass is 466 g/mol. The van der Waals surface area contributed by atoms with Crippen molar-refractivity contribution in [3.05, 3.63) is 56.9 Å². The second kappa shape index (κ2) is 8.85. The number of phenols is 1. The molecule has 1 atom stereocenters. The highest BCUT2D eigenvalue weighted by atomic mass is 16.5. The Kier molecular flexibility index (Phi) is 6.08. The molecule has 2 heterocycles. The Morgan fingerprint density at radius 3 is 2.65 bits per heavy atom. The van der Waals surface area contributed by atoms with Gasteiger partial charge in [-0.3, -0.25) is 9.59 Å². The number of esters is 1. The molecule has 0 fully saturated rings. The first kappa shape index (κ1) is 23.4. The summed E-state index contributed by atoms with van der Waals surface area (Å²) >= 11 is 0. The highest BCUT2D eigenvalue weighted by Crippen LogP contribution is 2.51. The maximum Gasteiger partial charge on any atom is 0.336 e. The van der Waals surface area contributed by atoms with E-state index in [-0.39, 0.29) is 34.6 Å². The van der Waals surface area contributed by atoms with Gasteiger partial charge < -0.3 is 23.7 Å². The number of ketones is 1. The minimum atomic E-state index is -0.681. The minimum Gasteiger partial charge on any atom is -0.506 e. The molecular formula is C26H26O8. The predicted molar refractivity (Wildman–Crippen MR) is 124 cm³/mol. The van der Waals surface area contributed by atoms with Gasteiger partial charge in [0.2, 0.25) is 0 Å². The van der Waals surface area contributed by atoms with E-state index in [1.54, 1.807) is 25.1 Å². The topological polar surface area (TPSA) is 112 Å². The van der Waals surface area contributed by atoms with Crippen LogP contribution in [0, 0.1) is 12.8 Å². The summed E-state index contributed by atoms with van der Waals surface area (Å²) in [5.74, 6) is -1.11. The van der Waals surface area contributed by atoms with E-state index < -0.39 is 29.0 Å². The summed E-state index contributed by atoms with van der Waals surface area (Å²) < 4.78 is 22.7. The molecular weight excluding hydrogens is 440 g/mol. The fourth-order valence-corrected chi connectivity index (χ4v) is 4.37. The summed E-state index contributed by atoms with van der Waals surface area (Å²) in [6, 6.07) is 6.56. The molecule has 34 heavy (non-hydrogen) atoms. The molecule has 0 amide bonds. The molecule has 0 bridgehead atoms. The van der Waals surface area contributed by atoms with Gasteiger partial charge in [0, 0.05) is 23.1 Å². The first-order chi connectivity index (χ1) is 16.1. The molecule has 8 heteroatoms. The number of rotatable bonds is 6. The number of para-hydroxylation sites is 1. The lowest BCUT2D eigenvalue weighted by molar-refractivity contribution is -0.135. The highest BCUT2D eigenvalue weighted by Gasteiger charge is 2.38. The van der Waals surface area contributed by atoms with Crippen LogP contribution >= 0.6 is 0 Å². The number of phenolic OH excluding ortho intramolecular Hbond substituents is 1. The molecule has 0 aliphatic carbocycles. The first-order valence-corrected chi connectivity index (χ1v) is 11.0. The van der Waals surface area contributed by atoms with Gasteiger partial charge >= 0.3 is 11.6 Å². The Hall–Kier alpha value is -3.81. The van der Waals surface area contributed by atoms with Crippen LogP contribution in [0.2, 0.25) is 0 Å². The van der Waals surface area contributed by atoms with Gasteiger partial charge in [-0.15, -0.1) is 0 Å². The molecule has 0 spiro atoms. The maximum absolute atomic E-state index is 12.7. The van der Waals surface area contributed by atoms with E-state index in [2.05, 4.69) is 0 Å². The van der Waals surface area contributed by atoms with Crippen molar-refractivity contribution in [3.8, 4) is 23.0 Å². The van der Waals surface area contributed by atoms with E-state index in [9.17, 15) is 19.5 Å². The lowest BCUT2D eigenvalue weighted by atomic mass is 9.82. The summed E-state index contributed by atoms with van der Waals surface area (Å²) in [4.78, 5) is 37.6. The summed E-state index contributed by atoms with van der Waals surface area (Å²) in [5, 5.41) is 11.2. The Bertz CT molecular complexity index is 1370. The van der Waals surface area contributed by atoms with Crippen LogP contribution in [0.25, 0.3) is 11.0 Å². The Morgan fingerprint density at radius 2 is 2.00 bits per heavy atom. The van der Waals surface area contributed by atoms with Crippen molar-refractivity contribution < 1.29 is 33.3 Å². The maximum atomic E-state index is 12.7. The fraction of sp³-hybridized carbons (Fsp3) is 0.346. The molecule has 0 saturated carbocycles. The molecule has 1 N–H and O–H groups in total. The van der Waals surface area contributed by atoms with Crippen molar-refractivity contribution in [3.63, 3.8) is 0 Å². The quantitative estimate of drug-likeness (QED) is 0.245. The third-order valence-corrected chi connectivity index (χ3v) is 5.80. The van der Waals surface area contributed by atoms with Crippen molar-refractivity contribution in [2.75, 3.05) is 13.7 Å². The molecule has 1 aliphatic rings. The van der Waals surface area contributed by atoms with Crippen LogP contribution in [0.1, 0.15) is 60.2 Å². The van der Waals surface area contributed by atoms with Crippen molar-refractivity contribution in [1.29, 1.82) is 0 Å². The third kappa shape index (κ3) is 3.89. The number of carbonyl (C=O) groups is 2. The molecule has 4 rings (SSSR count). The smallest absolute Gasteiger partial charge is 0.336 e. The minimum absolute atomic E-state index is 0.0672. The second-order valence-electron chi connectivity index (χ2n) is 8.79. The zero-order chi connectivity index (χ0) is 24.7. The van der Waals surface area contributed by atoms with Crippen LogP contribution in [0.3, 0.4) is 0 Å². The number of carbonyl (C=O) groups excluding carboxylic acids is 2. The van der Waals surface area contributed by atoms with Gasteiger partial charge in [0.25, 0.3) is 0 Å². The van der Waals surface area contributed by atoms with Gasteiger partial charge in [0.15, 0.2) is 23.0 Å². The van der Waals surface area contributed by atoms with E-state index in [0.29, 0.717) is 34.8 Å². The van der Waals surface area contributed by atoms with Gasteiger partial charge in [0.1, 0.15) is 16.9 Å². The molecule has 8 nitrogen and oxygen atoms in total. The number of benzene rings is 2. The van der Waals surface area contributed by atoms with Crippen molar-refractivity contribution in [1.82, 2.24) is 0 Å². The number of aryl methyl sites for hydroxylation is 1. The van der Waals surface area contributed by atoms with Gasteiger partial charge in [-0.1, -0.05) is 26.0 Å².